The van der Waals surface area contributed by atoms with Gasteiger partial charge in [-0.25, -0.2) is 0 Å². The first-order valence-corrected chi connectivity index (χ1v) is 3.91. The van der Waals surface area contributed by atoms with Gasteiger partial charge in [0.25, 0.3) is 0 Å². The first-order valence-electron chi connectivity index (χ1n) is 3.91. The van der Waals surface area contributed by atoms with Crippen LogP contribution in [-0.2, 0) is 0 Å². The van der Waals surface area contributed by atoms with E-state index in [0.717, 1.165) is 6.07 Å². The highest BCUT2D eigenvalue weighted by Crippen LogP contribution is 2.28. The second-order valence-electron chi connectivity index (χ2n) is 2.56. The summed E-state index contributed by atoms with van der Waals surface area (Å²) in [7, 11) is 0. The minimum absolute atomic E-state index is 0.0301. The molecule has 0 radical (unpaired) electrons. The van der Waals surface area contributed by atoms with E-state index in [1.165, 1.54) is 12.1 Å². The number of nitrogens with one attached hydrogen (secondary N) is 1. The van der Waals surface area contributed by atoms with Crippen LogP contribution in [0.5, 0.6) is 11.5 Å². The minimum Gasteiger partial charge on any atom is -0.871 e. The van der Waals surface area contributed by atoms with Crippen molar-refractivity contribution in [2.75, 3.05) is 0 Å². The molecule has 0 aliphatic carbocycles. The van der Waals surface area contributed by atoms with Crippen LogP contribution in [0.3, 0.4) is 0 Å². The van der Waals surface area contributed by atoms with Crippen molar-refractivity contribution < 1.29 is 10.2 Å². The van der Waals surface area contributed by atoms with Gasteiger partial charge in [0, 0.05) is 0 Å². The average molecular weight is 205 g/mol. The molecular weight excluding hydrogens is 200 g/mol. The van der Waals surface area contributed by atoms with Crippen molar-refractivity contribution in [1.29, 1.82) is 0 Å². The Morgan fingerprint density at radius 2 is 2.20 bits per heavy atom. The molecule has 2 N–H and O–H groups in total. The summed E-state index contributed by atoms with van der Waals surface area (Å²) in [4.78, 5) is 0. The van der Waals surface area contributed by atoms with Crippen molar-refractivity contribution in [2.45, 2.75) is 0 Å². The van der Waals surface area contributed by atoms with Crippen molar-refractivity contribution in [3.05, 3.63) is 18.2 Å². The lowest BCUT2D eigenvalue weighted by Gasteiger charge is -2.07. The van der Waals surface area contributed by atoms with E-state index in [9.17, 15) is 5.11 Å². The van der Waals surface area contributed by atoms with Gasteiger partial charge < -0.3 is 10.2 Å². The van der Waals surface area contributed by atoms with E-state index < -0.39 is 5.75 Å². The maximum Gasteiger partial charge on any atom is 0.307 e. The third-order valence-electron chi connectivity index (χ3n) is 1.52. The monoisotopic (exact) mass is 205 g/mol. The van der Waals surface area contributed by atoms with Gasteiger partial charge in [-0.1, -0.05) is 10.8 Å². The summed E-state index contributed by atoms with van der Waals surface area (Å²) in [6, 6.07) is 3.73. The van der Waals surface area contributed by atoms with Crippen molar-refractivity contribution >= 4 is 11.6 Å². The number of phenols is 1. The van der Waals surface area contributed by atoms with E-state index in [4.69, 9.17) is 5.11 Å². The number of azo groups is 1. The van der Waals surface area contributed by atoms with Crippen LogP contribution < -0.4 is 5.11 Å². The normalized spacial score (nSPS) is 10.9. The van der Waals surface area contributed by atoms with Gasteiger partial charge >= 0.3 is 5.95 Å². The van der Waals surface area contributed by atoms with Crippen LogP contribution in [0.2, 0.25) is 0 Å². The first-order chi connectivity index (χ1) is 7.25. The summed E-state index contributed by atoms with van der Waals surface area (Å²) in [5, 5.41) is 39.8. The van der Waals surface area contributed by atoms with Crippen LogP contribution in [0.15, 0.2) is 28.4 Å². The van der Waals surface area contributed by atoms with Gasteiger partial charge in [0.05, 0.1) is 5.69 Å². The summed E-state index contributed by atoms with van der Waals surface area (Å²) in [5.41, 5.74) is 0.0950. The van der Waals surface area contributed by atoms with Gasteiger partial charge in [0.1, 0.15) is 5.75 Å². The predicted molar refractivity (Wildman–Crippen MR) is 45.9 cm³/mol. The van der Waals surface area contributed by atoms with Gasteiger partial charge in [0.15, 0.2) is 0 Å². The van der Waals surface area contributed by atoms with Gasteiger partial charge in [-0.05, 0) is 23.4 Å². The van der Waals surface area contributed by atoms with Gasteiger partial charge in [-0.15, -0.1) is 15.3 Å². The summed E-state index contributed by atoms with van der Waals surface area (Å²) >= 11 is 0. The first kappa shape index (κ1) is 9.06. The molecular formula is C7H5N6O2-. The molecule has 0 spiro atoms. The summed E-state index contributed by atoms with van der Waals surface area (Å²) in [6.07, 6.45) is 0. The summed E-state index contributed by atoms with van der Waals surface area (Å²) < 4.78 is 0. The fourth-order valence-electron chi connectivity index (χ4n) is 0.883. The van der Waals surface area contributed by atoms with E-state index in [0.29, 0.717) is 0 Å². The molecule has 0 unspecified atom stereocenters. The molecule has 0 atom stereocenters. The molecule has 0 bridgehead atoms. The van der Waals surface area contributed by atoms with E-state index >= 15 is 0 Å². The van der Waals surface area contributed by atoms with Crippen LogP contribution in [-0.4, -0.2) is 25.7 Å². The summed E-state index contributed by atoms with van der Waals surface area (Å²) in [6.45, 7) is 0. The Kier molecular flexibility index (Phi) is 2.23. The van der Waals surface area contributed by atoms with Crippen LogP contribution in [0.25, 0.3) is 0 Å². The number of benzene rings is 1. The van der Waals surface area contributed by atoms with Crippen LogP contribution in [0, 0.1) is 0 Å². The van der Waals surface area contributed by atoms with Crippen molar-refractivity contribution in [3.8, 4) is 11.5 Å². The predicted octanol–water partition coefficient (Wildman–Crippen LogP) is 0.394. The molecule has 0 fully saturated rings. The highest BCUT2D eigenvalue weighted by Gasteiger charge is 1.95. The number of nitrogens with zero attached hydrogens (tertiary/aromatic N) is 5. The fourth-order valence-corrected chi connectivity index (χ4v) is 0.883. The number of phenolic OH excluding ortho intramolecular Hbond substituents is 1. The Bertz CT molecular complexity index is 480. The molecule has 8 heteroatoms. The Balaban J connectivity index is 2.24. The molecule has 2 rings (SSSR count). The van der Waals surface area contributed by atoms with Crippen molar-refractivity contribution in [3.63, 3.8) is 0 Å². The molecule has 0 amide bonds. The quantitative estimate of drug-likeness (QED) is 0.686. The van der Waals surface area contributed by atoms with E-state index in [-0.39, 0.29) is 17.4 Å². The third-order valence-corrected chi connectivity index (χ3v) is 1.52. The highest BCUT2D eigenvalue weighted by molar-refractivity contribution is 5.52. The largest absolute Gasteiger partial charge is 0.871 e. The van der Waals surface area contributed by atoms with Gasteiger partial charge in [-0.2, -0.15) is 5.21 Å². The molecule has 1 aromatic carbocycles. The Morgan fingerprint density at radius 3 is 2.87 bits per heavy atom. The molecule has 0 aliphatic heterocycles. The van der Waals surface area contributed by atoms with Crippen molar-refractivity contribution in [1.82, 2.24) is 20.6 Å². The van der Waals surface area contributed by atoms with Crippen LogP contribution in [0.4, 0.5) is 11.6 Å². The molecule has 2 aromatic rings. The van der Waals surface area contributed by atoms with E-state index in [1.807, 2.05) is 0 Å². The molecule has 0 saturated heterocycles. The lowest BCUT2D eigenvalue weighted by Crippen LogP contribution is -1.88. The number of hydrogen-bond acceptors (Lipinski definition) is 7. The number of hydrogen-bond donors (Lipinski definition) is 2. The third kappa shape index (κ3) is 2.05. The second-order valence-corrected chi connectivity index (χ2v) is 2.56. The number of aromatic nitrogens is 4. The molecule has 0 saturated carbocycles. The minimum atomic E-state index is -0.428. The maximum atomic E-state index is 11.2. The van der Waals surface area contributed by atoms with Gasteiger partial charge in [0.2, 0.25) is 0 Å². The Morgan fingerprint density at radius 1 is 1.33 bits per heavy atom. The SMILES string of the molecule is [O-]c1cc(O)ccc1N=Nc1nn[nH]n1. The number of tetrazole rings is 1. The lowest BCUT2D eigenvalue weighted by molar-refractivity contribution is -0.267. The number of aromatic hydroxyl groups is 1. The lowest BCUT2D eigenvalue weighted by atomic mass is 10.3. The molecule has 15 heavy (non-hydrogen) atoms. The van der Waals surface area contributed by atoms with Crippen LogP contribution in [0.1, 0.15) is 0 Å². The molecule has 8 nitrogen and oxygen atoms in total. The van der Waals surface area contributed by atoms with E-state index in [2.05, 4.69) is 30.9 Å². The molecule has 1 heterocycles. The van der Waals surface area contributed by atoms with E-state index in [1.54, 1.807) is 0 Å². The Labute approximate surface area is 83.3 Å². The molecule has 0 aliphatic rings. The van der Waals surface area contributed by atoms with Crippen LogP contribution >= 0.6 is 0 Å². The highest BCUT2D eigenvalue weighted by atomic mass is 16.3. The Hall–Kier alpha value is -2.51. The zero-order valence-electron chi connectivity index (χ0n) is 7.32. The maximum absolute atomic E-state index is 11.2. The standard InChI is InChI=1S/C7H6N6O2/c14-4-1-2-5(6(15)3-4)8-9-7-10-12-13-11-7/h1-3,14-15H,(H,10,11,12,13)/p-1. The number of rotatable bonds is 2. The molecule has 76 valence electrons. The second kappa shape index (κ2) is 3.70. The smallest absolute Gasteiger partial charge is 0.307 e. The number of aromatic amines is 1. The average Bonchev–Trinajstić information content (AvgIpc) is 2.69. The number of H-pyrrole nitrogens is 1. The van der Waals surface area contributed by atoms with Crippen molar-refractivity contribution in [2.24, 2.45) is 10.2 Å². The zero-order valence-corrected chi connectivity index (χ0v) is 7.32. The fraction of sp³-hybridized carbons (Fsp3) is 0. The summed E-state index contributed by atoms with van der Waals surface area (Å²) in [5.74, 6) is -0.511. The van der Waals surface area contributed by atoms with Gasteiger partial charge in [-0.3, -0.25) is 0 Å². The zero-order chi connectivity index (χ0) is 10.7. The molecule has 1 aromatic heterocycles. The topological polar surface area (TPSA) is 122 Å².